The summed E-state index contributed by atoms with van der Waals surface area (Å²) in [4.78, 5) is 165. The van der Waals surface area contributed by atoms with E-state index in [1.54, 1.807) is 49.4 Å². The van der Waals surface area contributed by atoms with Crippen molar-refractivity contribution >= 4 is 75.8 Å². The number of fused-ring (bicyclic) bond motifs is 4. The quantitative estimate of drug-likeness (QED) is 0.130. The summed E-state index contributed by atoms with van der Waals surface area (Å²) in [6, 6.07) is 2.14. The minimum absolute atomic E-state index is 0.0343. The molecule has 5 aliphatic rings. The van der Waals surface area contributed by atoms with Crippen LogP contribution in [0, 0.1) is 11.8 Å². The zero-order chi connectivity index (χ0) is 61.6. The Balaban J connectivity index is 1.27. The highest BCUT2D eigenvalue weighted by atomic mass is 32.2. The van der Waals surface area contributed by atoms with Gasteiger partial charge in [-0.05, 0) is 106 Å². The number of amides is 10. The molecule has 0 aliphatic carbocycles. The minimum Gasteiger partial charge on any atom is -0.508 e. The van der Waals surface area contributed by atoms with Crippen molar-refractivity contribution in [2.75, 3.05) is 38.2 Å². The Morgan fingerprint density at radius 2 is 0.941 bits per heavy atom. The number of aliphatic carboxylic acids is 1. The predicted octanol–water partition coefficient (Wildman–Crippen LogP) is 0.789. The van der Waals surface area contributed by atoms with Crippen molar-refractivity contribution in [3.05, 3.63) is 65.7 Å². The second kappa shape index (κ2) is 30.1. The topological polar surface area (TPSA) is 330 Å². The highest BCUT2D eigenvalue weighted by Gasteiger charge is 2.47. The SMILES string of the molecule is CC[C@H](C)[C@@H]1NC(=O)[C@H](Cc2ccc(O)cc2)NC(=O)[C@@H]2CCCN2C(=O)[C@@H]2CCCN2C(=O)[C@H](CC(C)C)NC(=O)[C@H](CCC(=O)O)NC(=O)[C@H](Cc2ccccc2)NC(=O)[C@H](CCS(C)=O)NC(=O)[C@@H]2CCCN2C(=O)[C@@H]2CCCN2C1=O. The van der Waals surface area contributed by atoms with Gasteiger partial charge in [-0.25, -0.2) is 0 Å². The van der Waals surface area contributed by atoms with Gasteiger partial charge in [0.25, 0.3) is 0 Å². The summed E-state index contributed by atoms with van der Waals surface area (Å²) in [5.74, 6) is -9.02. The van der Waals surface area contributed by atoms with Crippen LogP contribution in [0.5, 0.6) is 5.75 Å². The third-order valence-electron chi connectivity index (χ3n) is 16.9. The Hall–Kier alpha value is -7.44. The van der Waals surface area contributed by atoms with E-state index in [4.69, 9.17) is 0 Å². The first-order valence-electron chi connectivity index (χ1n) is 29.9. The summed E-state index contributed by atoms with van der Waals surface area (Å²) in [5, 5.41) is 36.6. The number of carboxylic acid groups (broad SMARTS) is 1. The van der Waals surface area contributed by atoms with E-state index in [1.165, 1.54) is 38.0 Å². The molecule has 5 saturated heterocycles. The number of aromatic hydroxyl groups is 1. The van der Waals surface area contributed by atoms with Crippen molar-refractivity contribution in [3.63, 3.8) is 0 Å². The fraction of sp³-hybridized carbons (Fsp3) is 0.617. The van der Waals surface area contributed by atoms with Crippen molar-refractivity contribution in [1.29, 1.82) is 0 Å². The monoisotopic (exact) mass is 1200 g/mol. The maximum Gasteiger partial charge on any atom is 0.303 e. The second-order valence-corrected chi connectivity index (χ2v) is 25.2. The molecule has 464 valence electrons. The molecule has 2 aromatic rings. The van der Waals surface area contributed by atoms with Crippen molar-refractivity contribution in [1.82, 2.24) is 51.5 Å². The fourth-order valence-corrected chi connectivity index (χ4v) is 12.7. The van der Waals surface area contributed by atoms with Crippen LogP contribution in [0.1, 0.15) is 122 Å². The van der Waals surface area contributed by atoms with E-state index < -0.39 is 155 Å². The molecule has 0 saturated carbocycles. The number of benzene rings is 2. The molecule has 5 aliphatic heterocycles. The van der Waals surface area contributed by atoms with Crippen LogP contribution in [-0.2, 0) is 76.4 Å². The Labute approximate surface area is 498 Å². The lowest BCUT2D eigenvalue weighted by atomic mass is 9.96. The van der Waals surface area contributed by atoms with Gasteiger partial charge >= 0.3 is 5.97 Å². The maximum atomic E-state index is 15.0. The van der Waals surface area contributed by atoms with Crippen molar-refractivity contribution in [3.8, 4) is 5.75 Å². The first-order valence-corrected chi connectivity index (χ1v) is 31.7. The number of rotatable bonds is 14. The molecule has 25 heteroatoms. The van der Waals surface area contributed by atoms with Gasteiger partial charge in [-0.15, -0.1) is 0 Å². The molecule has 12 atom stereocenters. The smallest absolute Gasteiger partial charge is 0.303 e. The van der Waals surface area contributed by atoms with E-state index in [9.17, 15) is 67.2 Å². The van der Waals surface area contributed by atoms with Gasteiger partial charge in [0.2, 0.25) is 59.1 Å². The Morgan fingerprint density at radius 3 is 1.44 bits per heavy atom. The first-order chi connectivity index (χ1) is 40.5. The number of carboxylic acids is 1. The van der Waals surface area contributed by atoms with E-state index in [0.29, 0.717) is 43.2 Å². The molecule has 0 radical (unpaired) electrons. The molecule has 2 aromatic carbocycles. The summed E-state index contributed by atoms with van der Waals surface area (Å²) in [6.45, 7) is 7.83. The molecule has 5 heterocycles. The molecular formula is C60H84N10O14S. The number of carbonyl (C=O) groups excluding carboxylic acids is 10. The van der Waals surface area contributed by atoms with Gasteiger partial charge in [0.15, 0.2) is 0 Å². The normalized spacial score (nSPS) is 28.1. The highest BCUT2D eigenvalue weighted by Crippen LogP contribution is 2.29. The molecule has 0 bridgehead atoms. The fourth-order valence-electron chi connectivity index (χ4n) is 12.2. The van der Waals surface area contributed by atoms with Crippen molar-refractivity contribution in [2.24, 2.45) is 11.8 Å². The average molecular weight is 1200 g/mol. The number of phenols is 1. The Morgan fingerprint density at radius 1 is 0.529 bits per heavy atom. The number of hydrogen-bond donors (Lipinski definition) is 8. The van der Waals surface area contributed by atoms with Gasteiger partial charge in [-0.2, -0.15) is 0 Å². The summed E-state index contributed by atoms with van der Waals surface area (Å²) in [5.41, 5.74) is 1.13. The Kier molecular flexibility index (Phi) is 23.0. The third kappa shape index (κ3) is 16.9. The van der Waals surface area contributed by atoms with Crippen LogP contribution in [-0.4, -0.2) is 198 Å². The van der Waals surface area contributed by atoms with Crippen LogP contribution in [0.25, 0.3) is 0 Å². The molecule has 10 amide bonds. The lowest BCUT2D eigenvalue weighted by molar-refractivity contribution is -0.149. The molecular weight excluding hydrogens is 1120 g/mol. The van der Waals surface area contributed by atoms with Gasteiger partial charge < -0.3 is 61.7 Å². The summed E-state index contributed by atoms with van der Waals surface area (Å²) in [6.07, 6.45) is 2.99. The van der Waals surface area contributed by atoms with Gasteiger partial charge in [0.05, 0.1) is 0 Å². The minimum atomic E-state index is -1.57. The summed E-state index contributed by atoms with van der Waals surface area (Å²) in [7, 11) is -1.46. The third-order valence-corrected chi connectivity index (χ3v) is 17.8. The van der Waals surface area contributed by atoms with Crippen LogP contribution in [0.2, 0.25) is 0 Å². The molecule has 5 fully saturated rings. The molecule has 1 unspecified atom stereocenters. The van der Waals surface area contributed by atoms with Crippen LogP contribution in [0.3, 0.4) is 0 Å². The zero-order valence-electron chi connectivity index (χ0n) is 49.3. The number of nitrogens with one attached hydrogen (secondary N) is 6. The predicted molar refractivity (Wildman–Crippen MR) is 312 cm³/mol. The molecule has 7 rings (SSSR count). The van der Waals surface area contributed by atoms with Crippen LogP contribution < -0.4 is 31.9 Å². The van der Waals surface area contributed by atoms with Crippen molar-refractivity contribution in [2.45, 2.75) is 184 Å². The van der Waals surface area contributed by atoms with Gasteiger partial charge in [0.1, 0.15) is 66.2 Å². The summed E-state index contributed by atoms with van der Waals surface area (Å²) >= 11 is 0. The lowest BCUT2D eigenvalue weighted by Gasteiger charge is -2.35. The van der Waals surface area contributed by atoms with Gasteiger partial charge in [0, 0.05) is 68.2 Å². The van der Waals surface area contributed by atoms with E-state index in [2.05, 4.69) is 31.9 Å². The van der Waals surface area contributed by atoms with Gasteiger partial charge in [-0.1, -0.05) is 76.6 Å². The molecule has 0 spiro atoms. The summed E-state index contributed by atoms with van der Waals surface area (Å²) < 4.78 is 12.6. The van der Waals surface area contributed by atoms with Crippen LogP contribution >= 0.6 is 0 Å². The first kappa shape index (κ1) is 65.1. The van der Waals surface area contributed by atoms with Crippen LogP contribution in [0.4, 0.5) is 0 Å². The number of carbonyl (C=O) groups is 11. The van der Waals surface area contributed by atoms with E-state index in [-0.39, 0.29) is 95.0 Å². The van der Waals surface area contributed by atoms with E-state index >= 15 is 0 Å². The highest BCUT2D eigenvalue weighted by molar-refractivity contribution is 7.84. The van der Waals surface area contributed by atoms with E-state index in [1.807, 2.05) is 20.8 Å². The molecule has 24 nitrogen and oxygen atoms in total. The van der Waals surface area contributed by atoms with Crippen LogP contribution in [0.15, 0.2) is 54.6 Å². The molecule has 8 N–H and O–H groups in total. The standard InChI is InChI=1S/C60H84N10O14S/c1-6-36(4)50-60(83)70-30-13-19-48(70)59(82)67-27-10-16-45(67)55(78)62-41(26-31-85(5)84)52(75)63-42(33-37-14-8-7-9-15-37)53(76)61-40(24-25-49(72)73)51(74)65-44(32-35(2)3)57(80)69-29-12-18-47(69)58(81)68-28-11-17-46(68)56(79)64-43(54(77)66-50)34-38-20-22-39(71)23-21-38/h7-9,14-15,20-23,35-36,40-48,50,71H,6,10-13,16-19,24-34H2,1-5H3,(H,61,76)(H,62,78)(H,63,75)(H,64,79)(H,65,74)(H,66,77)(H,72,73)/t36-,40-,41-,42-,43-,44-,45-,46-,47-,48-,50-,85?/m0/s1. The van der Waals surface area contributed by atoms with E-state index in [0.717, 1.165) is 0 Å². The van der Waals surface area contributed by atoms with Crippen molar-refractivity contribution < 1.29 is 67.2 Å². The molecule has 85 heavy (non-hydrogen) atoms. The zero-order valence-corrected chi connectivity index (χ0v) is 50.1. The number of nitrogens with zero attached hydrogens (tertiary/aromatic N) is 4. The maximum absolute atomic E-state index is 15.0. The average Bonchev–Trinajstić information content (AvgIpc) is 3.41. The second-order valence-electron chi connectivity index (χ2n) is 23.6. The number of phenolic OH excluding ortho intramolecular Hbond substituents is 1. The Bertz CT molecular complexity index is 2810. The molecule has 0 aromatic heterocycles. The lowest BCUT2D eigenvalue weighted by Crippen LogP contribution is -2.62. The largest absolute Gasteiger partial charge is 0.508 e. The van der Waals surface area contributed by atoms with Gasteiger partial charge in [-0.3, -0.25) is 56.9 Å². The number of hydrogen-bond acceptors (Lipinski definition) is 13.